The van der Waals surface area contributed by atoms with Crippen molar-refractivity contribution in [3.8, 4) is 22.6 Å². The third-order valence-corrected chi connectivity index (χ3v) is 19.0. The van der Waals surface area contributed by atoms with Crippen molar-refractivity contribution in [2.24, 2.45) is 16.2 Å². The number of carbonyl (C=O) groups excluding carboxylic acids is 6. The maximum absolute atomic E-state index is 13.9. The number of hydrogen-bond donors (Lipinski definition) is 4. The van der Waals surface area contributed by atoms with Gasteiger partial charge in [-0.3, -0.25) is 38.9 Å². The lowest BCUT2D eigenvalue weighted by molar-refractivity contribution is -0.248. The van der Waals surface area contributed by atoms with Crippen LogP contribution in [0.3, 0.4) is 0 Å². The van der Waals surface area contributed by atoms with Gasteiger partial charge in [-0.25, -0.2) is 19.6 Å². The first-order valence-electron chi connectivity index (χ1n) is 31.0. The van der Waals surface area contributed by atoms with Crippen LogP contribution in [-0.4, -0.2) is 168 Å². The van der Waals surface area contributed by atoms with Crippen LogP contribution in [0.4, 0.5) is 15.7 Å². The van der Waals surface area contributed by atoms with Crippen molar-refractivity contribution in [2.45, 2.75) is 97.4 Å². The minimum Gasteiger partial charge on any atom is -0.496 e. The number of nitrogens with zero attached hydrogens (tertiary/aromatic N) is 7. The maximum Gasteiger partial charge on any atom is 0.410 e. The topological polar surface area (TPSA) is 285 Å². The van der Waals surface area contributed by atoms with Crippen LogP contribution in [0, 0.1) is 29.2 Å². The highest BCUT2D eigenvalue weighted by Gasteiger charge is 2.66. The van der Waals surface area contributed by atoms with E-state index < -0.39 is 41.9 Å². The molecule has 3 aromatic heterocycles. The number of benzene rings is 3. The average molecular weight is 1280 g/mol. The van der Waals surface area contributed by atoms with Gasteiger partial charge in [0.05, 0.1) is 55.6 Å². The molecule has 485 valence electrons. The molecule has 12 rings (SSSR count). The van der Waals surface area contributed by atoms with Crippen molar-refractivity contribution in [1.29, 1.82) is 0 Å². The highest BCUT2D eigenvalue weighted by atomic mass is 32.1. The predicted molar refractivity (Wildman–Crippen MR) is 339 cm³/mol. The molecular formula is C67H77N10O14S. The maximum atomic E-state index is 13.9. The molecule has 2 atom stereocenters. The smallest absolute Gasteiger partial charge is 0.410 e. The Labute approximate surface area is 536 Å². The first-order chi connectivity index (χ1) is 44.3. The van der Waals surface area contributed by atoms with E-state index >= 15 is 0 Å². The molecule has 25 heteroatoms. The molecule has 2 aliphatic heterocycles. The highest BCUT2D eigenvalue weighted by Crippen LogP contribution is 2.72. The molecule has 2 unspecified atom stereocenters. The highest BCUT2D eigenvalue weighted by molar-refractivity contribution is 7.22. The molecule has 4 fully saturated rings. The Bertz CT molecular complexity index is 3760. The number of thiazole rings is 1. The number of aromatic carboxylic acids is 1. The SMILES string of the molecule is COCCN(CCOC12CC3(C)CC(C)(CC(Cn4ncc(-c5ccc(N6CCc7c(OC)ccc(C(=O)Nc8nc9ccccc9s8)c7C6)nc5C(=O)O)c4C)(C3)C1)C2)C(=O)OCc1cc[c]cc1OCCOCCNC(=O)CCNC(=O)CN1C(=O)C=CC1=O. The third-order valence-electron chi connectivity index (χ3n) is 18.1. The lowest BCUT2D eigenvalue weighted by Crippen LogP contribution is -2.64. The Morgan fingerprint density at radius 3 is 2.34 bits per heavy atom. The summed E-state index contributed by atoms with van der Waals surface area (Å²) >= 11 is 1.40. The number of pyridine rings is 1. The van der Waals surface area contributed by atoms with E-state index in [9.17, 15) is 38.7 Å². The van der Waals surface area contributed by atoms with Crippen LogP contribution in [0.2, 0.25) is 0 Å². The number of imide groups is 1. The van der Waals surface area contributed by atoms with E-state index in [1.54, 1.807) is 49.6 Å². The number of hydrogen-bond acceptors (Lipinski definition) is 18. The van der Waals surface area contributed by atoms with Gasteiger partial charge in [0.15, 0.2) is 10.8 Å². The van der Waals surface area contributed by atoms with E-state index in [1.807, 2.05) is 59.0 Å². The number of anilines is 2. The fraction of sp³-hybridized carbons (Fsp3) is 0.463. The molecule has 0 saturated heterocycles. The van der Waals surface area contributed by atoms with Crippen LogP contribution in [0.25, 0.3) is 21.3 Å². The van der Waals surface area contributed by atoms with E-state index in [0.29, 0.717) is 77.4 Å². The Balaban J connectivity index is 0.677. The van der Waals surface area contributed by atoms with Gasteiger partial charge in [-0.2, -0.15) is 5.10 Å². The second kappa shape index (κ2) is 27.6. The number of nitrogens with one attached hydrogen (secondary N) is 3. The number of methoxy groups -OCH3 is 2. The standard InChI is InChI=1S/C67H77N10O14S/c1-43-48(46-15-17-54(72-59(46)61(83)84)75-24-21-45-49(33-75)47(14-16-52(45)87-5)60(82)73-62-71-50-11-7-9-13-53(50)92-62)32-70-77(43)42-66-37-64(2)36-65(3,38-66)40-67(39-64,41-66)91-29-26-74(25-28-86-4)63(85)90-35-44-10-6-8-12-51(44)89-31-30-88-27-23-69-55(78)20-22-68-56(79)34-76-57(80)18-19-58(76)81/h6-7,9-19,32H,20-31,33-42H2,1-5H3,(H,68,79)(H,69,78)(H,83,84)(H,71,73,82). The van der Waals surface area contributed by atoms with Crippen LogP contribution in [0.1, 0.15) is 102 Å². The van der Waals surface area contributed by atoms with E-state index in [1.165, 1.54) is 11.3 Å². The van der Waals surface area contributed by atoms with Crippen molar-refractivity contribution >= 4 is 74.1 Å². The molecule has 6 aliphatic rings. The molecule has 24 nitrogen and oxygen atoms in total. The number of carboxylic acids is 1. The number of ether oxygens (including phenoxy) is 6. The number of amides is 6. The first kappa shape index (κ1) is 64.7. The molecule has 0 spiro atoms. The second-order valence-corrected chi connectivity index (χ2v) is 26.4. The molecule has 4 aliphatic carbocycles. The first-order valence-corrected chi connectivity index (χ1v) is 31.8. The Morgan fingerprint density at radius 1 is 0.804 bits per heavy atom. The van der Waals surface area contributed by atoms with Gasteiger partial charge in [0.25, 0.3) is 17.7 Å². The van der Waals surface area contributed by atoms with Gasteiger partial charge in [-0.15, -0.1) is 0 Å². The summed E-state index contributed by atoms with van der Waals surface area (Å²) in [5.41, 5.74) is 4.90. The normalized spacial score (nSPS) is 21.1. The van der Waals surface area contributed by atoms with Gasteiger partial charge in [0.2, 0.25) is 11.8 Å². The summed E-state index contributed by atoms with van der Waals surface area (Å²) in [4.78, 5) is 103. The molecule has 1 radical (unpaired) electrons. The van der Waals surface area contributed by atoms with Gasteiger partial charge < -0.3 is 54.0 Å². The van der Waals surface area contributed by atoms with E-state index in [4.69, 9.17) is 38.5 Å². The quantitative estimate of drug-likeness (QED) is 0.0260. The van der Waals surface area contributed by atoms with Crippen LogP contribution < -0.4 is 30.3 Å². The zero-order chi connectivity index (χ0) is 64.8. The van der Waals surface area contributed by atoms with Gasteiger partial charge in [0, 0.05) is 105 Å². The predicted octanol–water partition coefficient (Wildman–Crippen LogP) is 7.55. The minimum atomic E-state index is -1.16. The molecule has 3 aromatic carbocycles. The van der Waals surface area contributed by atoms with Crippen LogP contribution in [0.5, 0.6) is 11.5 Å². The number of fused-ring (bicyclic) bond motifs is 2. The van der Waals surface area contributed by atoms with Crippen LogP contribution >= 0.6 is 11.3 Å². The van der Waals surface area contributed by atoms with Gasteiger partial charge >= 0.3 is 12.1 Å². The minimum absolute atomic E-state index is 0.00134. The number of carboxylic acid groups (broad SMARTS) is 1. The Hall–Kier alpha value is -8.78. The Kier molecular flexibility index (Phi) is 19.4. The van der Waals surface area contributed by atoms with Crippen molar-refractivity contribution in [1.82, 2.24) is 40.2 Å². The molecule has 4 saturated carbocycles. The molecule has 5 heterocycles. The molecule has 4 N–H and O–H groups in total. The van der Waals surface area contributed by atoms with E-state index in [0.717, 1.165) is 82.6 Å². The molecule has 6 amide bonds. The summed E-state index contributed by atoms with van der Waals surface area (Å²) in [6, 6.07) is 23.1. The summed E-state index contributed by atoms with van der Waals surface area (Å²) in [5.74, 6) is -1.82. The number of rotatable bonds is 29. The van der Waals surface area contributed by atoms with Crippen LogP contribution in [0.15, 0.2) is 85.1 Å². The fourth-order valence-electron chi connectivity index (χ4n) is 15.2. The van der Waals surface area contributed by atoms with Gasteiger partial charge in [-0.1, -0.05) is 49.4 Å². The fourth-order valence-corrected chi connectivity index (χ4v) is 16.1. The molecular weight excluding hydrogens is 1200 g/mol. The zero-order valence-corrected chi connectivity index (χ0v) is 53.2. The molecule has 6 aromatic rings. The van der Waals surface area contributed by atoms with Crippen molar-refractivity contribution in [3.05, 3.63) is 125 Å². The van der Waals surface area contributed by atoms with E-state index in [2.05, 4.69) is 40.8 Å². The van der Waals surface area contributed by atoms with E-state index in [-0.39, 0.29) is 99.4 Å². The van der Waals surface area contributed by atoms with Crippen molar-refractivity contribution < 1.29 is 67.1 Å². The van der Waals surface area contributed by atoms with Crippen LogP contribution in [-0.2, 0) is 64.2 Å². The average Bonchev–Trinajstić information content (AvgIpc) is 0.776. The Morgan fingerprint density at radius 2 is 1.58 bits per heavy atom. The summed E-state index contributed by atoms with van der Waals surface area (Å²) < 4.78 is 38.8. The van der Waals surface area contributed by atoms with Crippen molar-refractivity contribution in [2.75, 3.05) is 96.7 Å². The lowest BCUT2D eigenvalue weighted by atomic mass is 9.39. The summed E-state index contributed by atoms with van der Waals surface area (Å²) in [6.45, 7) is 9.68. The molecule has 4 bridgehead atoms. The number of aromatic nitrogens is 4. The monoisotopic (exact) mass is 1280 g/mol. The summed E-state index contributed by atoms with van der Waals surface area (Å²) in [5, 5.41) is 24.5. The summed E-state index contributed by atoms with van der Waals surface area (Å²) in [6.07, 6.45) is 9.62. The van der Waals surface area contributed by atoms with Gasteiger partial charge in [0.1, 0.15) is 37.1 Å². The van der Waals surface area contributed by atoms with Gasteiger partial charge in [-0.05, 0) is 122 Å². The number of carbonyl (C=O) groups is 7. The zero-order valence-electron chi connectivity index (χ0n) is 52.4. The lowest BCUT2D eigenvalue weighted by Gasteiger charge is -2.69. The van der Waals surface area contributed by atoms with Crippen molar-refractivity contribution in [3.63, 3.8) is 0 Å². The number of para-hydroxylation sites is 1. The molecule has 92 heavy (non-hydrogen) atoms. The second-order valence-electron chi connectivity index (χ2n) is 25.3. The third kappa shape index (κ3) is 14.6. The summed E-state index contributed by atoms with van der Waals surface area (Å²) in [7, 11) is 3.19. The largest absolute Gasteiger partial charge is 0.496 e.